The number of para-hydroxylation sites is 1. The quantitative estimate of drug-likeness (QED) is 0.316. The van der Waals surface area contributed by atoms with Crippen LogP contribution in [0.15, 0.2) is 85.1 Å². The number of benzene rings is 3. The Kier molecular flexibility index (Phi) is 7.93. The number of amides is 1. The number of piperazine rings is 1. The van der Waals surface area contributed by atoms with Gasteiger partial charge in [0.2, 0.25) is 0 Å². The summed E-state index contributed by atoms with van der Waals surface area (Å²) in [4.78, 5) is 24.0. The van der Waals surface area contributed by atoms with Crippen molar-refractivity contribution in [3.63, 3.8) is 0 Å². The molecule has 7 heteroatoms. The van der Waals surface area contributed by atoms with Gasteiger partial charge in [-0.15, -0.1) is 0 Å². The zero-order chi connectivity index (χ0) is 27.3. The lowest BCUT2D eigenvalue weighted by atomic mass is 10.1. The smallest absolute Gasteiger partial charge is 0.264 e. The molecule has 0 bridgehead atoms. The summed E-state index contributed by atoms with van der Waals surface area (Å²) < 4.78 is 11.9. The third kappa shape index (κ3) is 6.27. The van der Waals surface area contributed by atoms with Gasteiger partial charge >= 0.3 is 0 Å². The number of aromatic nitrogens is 1. The number of hydrogen-bond acceptors (Lipinski definition) is 6. The van der Waals surface area contributed by atoms with Gasteiger partial charge in [-0.3, -0.25) is 19.6 Å². The Morgan fingerprint density at radius 1 is 0.950 bits per heavy atom. The van der Waals surface area contributed by atoms with Crippen LogP contribution in [0.1, 0.15) is 16.7 Å². The molecule has 7 nitrogen and oxygen atoms in total. The second-order valence-corrected chi connectivity index (χ2v) is 10.8. The molecule has 1 amide bonds. The Balaban J connectivity index is 0.902. The summed E-state index contributed by atoms with van der Waals surface area (Å²) in [6, 6.07) is 26.9. The van der Waals surface area contributed by atoms with E-state index in [1.54, 1.807) is 0 Å². The van der Waals surface area contributed by atoms with Crippen molar-refractivity contribution >= 4 is 16.8 Å². The second kappa shape index (κ2) is 12.1. The molecule has 4 aromatic rings. The number of carbonyl (C=O) groups is 1. The monoisotopic (exact) mass is 536 g/mol. The van der Waals surface area contributed by atoms with Gasteiger partial charge < -0.3 is 14.4 Å². The van der Waals surface area contributed by atoms with Crippen LogP contribution in [0.4, 0.5) is 0 Å². The average molecular weight is 537 g/mol. The molecular weight excluding hydrogens is 500 g/mol. The lowest BCUT2D eigenvalue weighted by Gasteiger charge is -2.35. The zero-order valence-corrected chi connectivity index (χ0v) is 23.0. The summed E-state index contributed by atoms with van der Waals surface area (Å²) in [5, 5.41) is 1.18. The Bertz CT molecular complexity index is 1420. The largest absolute Gasteiger partial charge is 0.492 e. The number of carbonyl (C=O) groups excluding carboxylic acids is 1. The van der Waals surface area contributed by atoms with Crippen molar-refractivity contribution in [2.24, 2.45) is 0 Å². The molecule has 2 aliphatic heterocycles. The molecule has 2 aliphatic rings. The van der Waals surface area contributed by atoms with Gasteiger partial charge in [-0.05, 0) is 60.1 Å². The lowest BCUT2D eigenvalue weighted by molar-refractivity contribution is -0.139. The van der Waals surface area contributed by atoms with Gasteiger partial charge in [0.25, 0.3) is 5.91 Å². The molecule has 3 aromatic carbocycles. The minimum atomic E-state index is -0.383. The second-order valence-electron chi connectivity index (χ2n) is 10.8. The molecule has 0 aliphatic carbocycles. The van der Waals surface area contributed by atoms with Crippen molar-refractivity contribution in [3.8, 4) is 11.5 Å². The number of hydrogen-bond donors (Lipinski definition) is 0. The molecule has 0 unspecified atom stereocenters. The number of fused-ring (bicyclic) bond motifs is 2. The van der Waals surface area contributed by atoms with Gasteiger partial charge in [0, 0.05) is 63.8 Å². The molecule has 1 fully saturated rings. The van der Waals surface area contributed by atoms with E-state index in [4.69, 9.17) is 9.47 Å². The highest BCUT2D eigenvalue weighted by molar-refractivity contribution is 5.83. The average Bonchev–Trinajstić information content (AvgIpc) is 3.42. The summed E-state index contributed by atoms with van der Waals surface area (Å²) in [7, 11) is 2.14. The third-order valence-corrected chi connectivity index (χ3v) is 7.78. The van der Waals surface area contributed by atoms with Crippen molar-refractivity contribution in [1.29, 1.82) is 0 Å². The first-order chi connectivity index (χ1) is 19.6. The van der Waals surface area contributed by atoms with Gasteiger partial charge in [0.1, 0.15) is 18.1 Å². The highest BCUT2D eigenvalue weighted by atomic mass is 16.5. The van der Waals surface area contributed by atoms with Crippen molar-refractivity contribution in [2.45, 2.75) is 25.6 Å². The SMILES string of the molecule is CN(Cc1ccc(OCCN2CCN(C(=O)[C@@H]3Cc4ccccc4O3)CC2)cc1)Cc1ccc2ncccc2c1. The highest BCUT2D eigenvalue weighted by Gasteiger charge is 2.33. The fraction of sp³-hybridized carbons (Fsp3) is 0.333. The number of nitrogens with zero attached hydrogens (tertiary/aromatic N) is 4. The summed E-state index contributed by atoms with van der Waals surface area (Å²) in [6.45, 7) is 6.39. The number of rotatable bonds is 9. The van der Waals surface area contributed by atoms with E-state index >= 15 is 0 Å². The molecule has 1 atom stereocenters. The van der Waals surface area contributed by atoms with Crippen LogP contribution in [-0.4, -0.2) is 78.1 Å². The Hall–Kier alpha value is -3.94. The first-order valence-corrected chi connectivity index (χ1v) is 14.1. The maximum atomic E-state index is 13.0. The number of ether oxygens (including phenoxy) is 2. The minimum absolute atomic E-state index is 0.104. The molecule has 206 valence electrons. The Morgan fingerprint density at radius 2 is 1.73 bits per heavy atom. The molecule has 40 heavy (non-hydrogen) atoms. The lowest BCUT2D eigenvalue weighted by Crippen LogP contribution is -2.52. The van der Waals surface area contributed by atoms with E-state index in [2.05, 4.69) is 70.4 Å². The predicted molar refractivity (Wildman–Crippen MR) is 156 cm³/mol. The van der Waals surface area contributed by atoms with Crippen LogP contribution < -0.4 is 9.47 Å². The van der Waals surface area contributed by atoms with Gasteiger partial charge in [0.15, 0.2) is 6.10 Å². The van der Waals surface area contributed by atoms with Crippen LogP contribution in [0.3, 0.4) is 0 Å². The summed E-state index contributed by atoms with van der Waals surface area (Å²) in [5.74, 6) is 1.84. The van der Waals surface area contributed by atoms with Crippen LogP contribution in [0.2, 0.25) is 0 Å². The van der Waals surface area contributed by atoms with Crippen LogP contribution >= 0.6 is 0 Å². The summed E-state index contributed by atoms with van der Waals surface area (Å²) in [6.07, 6.45) is 2.12. The van der Waals surface area contributed by atoms with E-state index in [0.717, 1.165) is 68.4 Å². The molecule has 0 spiro atoms. The summed E-state index contributed by atoms with van der Waals surface area (Å²) >= 11 is 0. The molecule has 0 N–H and O–H groups in total. The van der Waals surface area contributed by atoms with Gasteiger partial charge in [-0.25, -0.2) is 0 Å². The summed E-state index contributed by atoms with van der Waals surface area (Å²) in [5.41, 5.74) is 4.69. The standard InChI is InChI=1S/C33H36N4O3/c1-35(24-26-10-13-30-27(21-26)6-4-14-34-30)23-25-8-11-29(12-9-25)39-20-19-36-15-17-37(18-16-36)33(38)32-22-28-5-2-3-7-31(28)40-32/h2-14,21,32H,15-20,22-24H2,1H3/t32-/m0/s1. The maximum Gasteiger partial charge on any atom is 0.264 e. The molecule has 6 rings (SSSR count). The first-order valence-electron chi connectivity index (χ1n) is 14.1. The predicted octanol–water partition coefficient (Wildman–Crippen LogP) is 4.39. The van der Waals surface area contributed by atoms with E-state index in [9.17, 15) is 4.79 Å². The molecule has 0 saturated carbocycles. The fourth-order valence-corrected chi connectivity index (χ4v) is 5.60. The topological polar surface area (TPSA) is 58.1 Å². The van der Waals surface area contributed by atoms with Crippen molar-refractivity contribution in [2.75, 3.05) is 46.4 Å². The van der Waals surface area contributed by atoms with E-state index in [1.165, 1.54) is 16.5 Å². The van der Waals surface area contributed by atoms with Crippen LogP contribution in [0.25, 0.3) is 10.9 Å². The van der Waals surface area contributed by atoms with Crippen LogP contribution in [0, 0.1) is 0 Å². The van der Waals surface area contributed by atoms with E-state index in [0.29, 0.717) is 13.0 Å². The molecule has 1 aromatic heterocycles. The van der Waals surface area contributed by atoms with E-state index in [-0.39, 0.29) is 12.0 Å². The zero-order valence-electron chi connectivity index (χ0n) is 23.0. The minimum Gasteiger partial charge on any atom is -0.492 e. The fourth-order valence-electron chi connectivity index (χ4n) is 5.60. The van der Waals surface area contributed by atoms with Crippen molar-refractivity contribution < 1.29 is 14.3 Å². The first kappa shape index (κ1) is 26.3. The maximum absolute atomic E-state index is 13.0. The van der Waals surface area contributed by atoms with Crippen molar-refractivity contribution in [1.82, 2.24) is 19.7 Å². The van der Waals surface area contributed by atoms with E-state index in [1.807, 2.05) is 41.4 Å². The normalized spacial score (nSPS) is 17.1. The number of pyridine rings is 1. The van der Waals surface area contributed by atoms with Crippen molar-refractivity contribution in [3.05, 3.63) is 102 Å². The van der Waals surface area contributed by atoms with Crippen LogP contribution in [0.5, 0.6) is 11.5 Å². The highest BCUT2D eigenvalue weighted by Crippen LogP contribution is 2.29. The van der Waals surface area contributed by atoms with Gasteiger partial charge in [-0.2, -0.15) is 0 Å². The molecule has 1 saturated heterocycles. The molecule has 3 heterocycles. The third-order valence-electron chi connectivity index (χ3n) is 7.78. The van der Waals surface area contributed by atoms with Gasteiger partial charge in [0.05, 0.1) is 5.52 Å². The molecular formula is C33H36N4O3. The van der Waals surface area contributed by atoms with Crippen LogP contribution in [-0.2, 0) is 24.3 Å². The Morgan fingerprint density at radius 3 is 2.55 bits per heavy atom. The Labute approximate surface area is 235 Å². The molecule has 0 radical (unpaired) electrons. The van der Waals surface area contributed by atoms with Gasteiger partial charge in [-0.1, -0.05) is 42.5 Å². The van der Waals surface area contributed by atoms with E-state index < -0.39 is 0 Å².